The fraction of sp³-hybridized carbons (Fsp3) is 0.368. The molecule has 0 amide bonds. The second-order valence-electron chi connectivity index (χ2n) is 5.91. The largest absolute Gasteiger partial charge is 0.497 e. The first-order chi connectivity index (χ1) is 11.3. The Morgan fingerprint density at radius 3 is 2.91 bits per heavy atom. The van der Waals surface area contributed by atoms with Gasteiger partial charge in [0.15, 0.2) is 0 Å². The average Bonchev–Trinajstić information content (AvgIpc) is 3.00. The van der Waals surface area contributed by atoms with Crippen molar-refractivity contribution >= 4 is 11.6 Å². The molecule has 4 heteroatoms. The molecule has 0 spiro atoms. The lowest BCUT2D eigenvalue weighted by atomic mass is 10.0. The summed E-state index contributed by atoms with van der Waals surface area (Å²) in [6.45, 7) is 0.783. The maximum absolute atomic E-state index is 11.7. The van der Waals surface area contributed by atoms with Gasteiger partial charge >= 0.3 is 0 Å². The summed E-state index contributed by atoms with van der Waals surface area (Å²) < 4.78 is 5.26. The van der Waals surface area contributed by atoms with Crippen LogP contribution in [0.3, 0.4) is 0 Å². The van der Waals surface area contributed by atoms with E-state index >= 15 is 0 Å². The van der Waals surface area contributed by atoms with Gasteiger partial charge in [0.2, 0.25) is 0 Å². The molecule has 1 aliphatic carbocycles. The number of carbonyl (C=O) groups excluding carboxylic acids is 1. The van der Waals surface area contributed by atoms with Crippen molar-refractivity contribution in [2.75, 3.05) is 19.0 Å². The topological polar surface area (TPSA) is 51.2 Å². The summed E-state index contributed by atoms with van der Waals surface area (Å²) in [4.78, 5) is 16.3. The number of hydrogen-bond donors (Lipinski definition) is 1. The average molecular weight is 310 g/mol. The molecule has 1 saturated carbocycles. The van der Waals surface area contributed by atoms with Gasteiger partial charge in [-0.2, -0.15) is 0 Å². The van der Waals surface area contributed by atoms with E-state index in [1.807, 2.05) is 42.5 Å². The van der Waals surface area contributed by atoms with Crippen LogP contribution in [0.25, 0.3) is 11.3 Å². The Bertz CT molecular complexity index is 685. The lowest BCUT2D eigenvalue weighted by Gasteiger charge is -2.11. The maximum Gasteiger partial charge on any atom is 0.136 e. The first kappa shape index (κ1) is 15.5. The number of carbonyl (C=O) groups is 1. The van der Waals surface area contributed by atoms with Gasteiger partial charge in [0.25, 0.3) is 0 Å². The smallest absolute Gasteiger partial charge is 0.136 e. The molecule has 3 rings (SSSR count). The van der Waals surface area contributed by atoms with Gasteiger partial charge < -0.3 is 10.1 Å². The molecule has 1 atom stereocenters. The number of anilines is 1. The van der Waals surface area contributed by atoms with Crippen LogP contribution in [0.2, 0.25) is 0 Å². The molecule has 1 unspecified atom stereocenters. The molecule has 1 aromatic heterocycles. The summed E-state index contributed by atoms with van der Waals surface area (Å²) in [6.07, 6.45) is 3.74. The maximum atomic E-state index is 11.7. The molecule has 1 N–H and O–H groups in total. The van der Waals surface area contributed by atoms with E-state index in [1.165, 1.54) is 0 Å². The standard InChI is InChI=1S/C19H22N2O2/c1-23-16-7-2-6-15(13-16)17-8-4-10-19(21-17)20-12-11-14-5-3-9-18(14)22/h2,4,6-8,10,13-14H,3,5,9,11-12H2,1H3,(H,20,21). The SMILES string of the molecule is COc1cccc(-c2cccc(NCCC3CCCC3=O)n2)c1. The molecule has 0 saturated heterocycles. The van der Waals surface area contributed by atoms with Gasteiger partial charge in [-0.05, 0) is 43.5 Å². The zero-order valence-corrected chi connectivity index (χ0v) is 13.4. The van der Waals surface area contributed by atoms with Gasteiger partial charge in [0, 0.05) is 24.4 Å². The van der Waals surface area contributed by atoms with Gasteiger partial charge in [-0.15, -0.1) is 0 Å². The number of Topliss-reactive ketones (excluding diaryl/α,β-unsaturated/α-hetero) is 1. The second-order valence-corrected chi connectivity index (χ2v) is 5.91. The zero-order chi connectivity index (χ0) is 16.1. The number of nitrogens with one attached hydrogen (secondary N) is 1. The Hall–Kier alpha value is -2.36. The number of rotatable bonds is 6. The zero-order valence-electron chi connectivity index (χ0n) is 13.4. The number of aromatic nitrogens is 1. The number of nitrogens with zero attached hydrogens (tertiary/aromatic N) is 1. The molecule has 1 heterocycles. The van der Waals surface area contributed by atoms with Crippen LogP contribution in [0, 0.1) is 5.92 Å². The van der Waals surface area contributed by atoms with Crippen molar-refractivity contribution < 1.29 is 9.53 Å². The van der Waals surface area contributed by atoms with E-state index in [0.29, 0.717) is 5.78 Å². The Morgan fingerprint density at radius 1 is 1.26 bits per heavy atom. The summed E-state index contributed by atoms with van der Waals surface area (Å²) in [5.41, 5.74) is 1.94. The van der Waals surface area contributed by atoms with E-state index in [2.05, 4.69) is 10.3 Å². The molecular weight excluding hydrogens is 288 g/mol. The van der Waals surface area contributed by atoms with Crippen LogP contribution in [0.4, 0.5) is 5.82 Å². The van der Waals surface area contributed by atoms with Crippen molar-refractivity contribution in [3.05, 3.63) is 42.5 Å². The predicted molar refractivity (Wildman–Crippen MR) is 91.7 cm³/mol. The van der Waals surface area contributed by atoms with E-state index in [4.69, 9.17) is 4.74 Å². The van der Waals surface area contributed by atoms with Crippen molar-refractivity contribution in [3.8, 4) is 17.0 Å². The summed E-state index contributed by atoms with van der Waals surface area (Å²) in [6, 6.07) is 13.8. The van der Waals surface area contributed by atoms with Crippen LogP contribution in [0.5, 0.6) is 5.75 Å². The van der Waals surface area contributed by atoms with Crippen LogP contribution >= 0.6 is 0 Å². The molecule has 23 heavy (non-hydrogen) atoms. The van der Waals surface area contributed by atoms with Crippen LogP contribution in [-0.4, -0.2) is 24.4 Å². The van der Waals surface area contributed by atoms with Gasteiger partial charge in [-0.3, -0.25) is 4.79 Å². The van der Waals surface area contributed by atoms with Gasteiger partial charge in [0.05, 0.1) is 12.8 Å². The summed E-state index contributed by atoms with van der Waals surface area (Å²) in [5.74, 6) is 2.33. The number of ether oxygens (including phenoxy) is 1. The van der Waals surface area contributed by atoms with Crippen LogP contribution in [0.1, 0.15) is 25.7 Å². The van der Waals surface area contributed by atoms with Crippen molar-refractivity contribution in [2.24, 2.45) is 5.92 Å². The van der Waals surface area contributed by atoms with Crippen molar-refractivity contribution in [1.82, 2.24) is 4.98 Å². The van der Waals surface area contributed by atoms with Gasteiger partial charge in [0.1, 0.15) is 17.4 Å². The Balaban J connectivity index is 1.64. The fourth-order valence-corrected chi connectivity index (χ4v) is 3.04. The molecule has 2 aromatic rings. The fourth-order valence-electron chi connectivity index (χ4n) is 3.04. The molecule has 120 valence electrons. The highest BCUT2D eigenvalue weighted by Gasteiger charge is 2.23. The number of benzene rings is 1. The molecule has 1 fully saturated rings. The molecule has 1 aromatic carbocycles. The Morgan fingerprint density at radius 2 is 2.13 bits per heavy atom. The minimum Gasteiger partial charge on any atom is -0.497 e. The van der Waals surface area contributed by atoms with E-state index in [9.17, 15) is 4.79 Å². The van der Waals surface area contributed by atoms with Crippen molar-refractivity contribution in [2.45, 2.75) is 25.7 Å². The van der Waals surface area contributed by atoms with E-state index in [1.54, 1.807) is 7.11 Å². The monoisotopic (exact) mass is 310 g/mol. The third-order valence-electron chi connectivity index (χ3n) is 4.34. The summed E-state index contributed by atoms with van der Waals surface area (Å²) in [5, 5.41) is 3.34. The van der Waals surface area contributed by atoms with Crippen LogP contribution in [0.15, 0.2) is 42.5 Å². The number of pyridine rings is 1. The molecule has 0 aliphatic heterocycles. The minimum atomic E-state index is 0.240. The van der Waals surface area contributed by atoms with Crippen molar-refractivity contribution in [3.63, 3.8) is 0 Å². The highest BCUT2D eigenvalue weighted by molar-refractivity contribution is 5.82. The number of methoxy groups -OCH3 is 1. The lowest BCUT2D eigenvalue weighted by Crippen LogP contribution is -2.13. The Labute approximate surface area is 136 Å². The highest BCUT2D eigenvalue weighted by atomic mass is 16.5. The van der Waals surface area contributed by atoms with E-state index in [-0.39, 0.29) is 5.92 Å². The normalized spacial score (nSPS) is 17.3. The van der Waals surface area contributed by atoms with Crippen LogP contribution < -0.4 is 10.1 Å². The first-order valence-electron chi connectivity index (χ1n) is 8.14. The van der Waals surface area contributed by atoms with E-state index in [0.717, 1.165) is 55.1 Å². The number of hydrogen-bond acceptors (Lipinski definition) is 4. The third kappa shape index (κ3) is 3.89. The Kier molecular flexibility index (Phi) is 4.91. The molecule has 4 nitrogen and oxygen atoms in total. The van der Waals surface area contributed by atoms with Gasteiger partial charge in [-0.25, -0.2) is 4.98 Å². The summed E-state index contributed by atoms with van der Waals surface area (Å²) in [7, 11) is 1.66. The molecule has 1 aliphatic rings. The quantitative estimate of drug-likeness (QED) is 0.878. The predicted octanol–water partition coefficient (Wildman–Crippen LogP) is 3.93. The molecule has 0 bridgehead atoms. The van der Waals surface area contributed by atoms with E-state index < -0.39 is 0 Å². The second kappa shape index (κ2) is 7.27. The van der Waals surface area contributed by atoms with Crippen LogP contribution in [-0.2, 0) is 4.79 Å². The lowest BCUT2D eigenvalue weighted by molar-refractivity contribution is -0.120. The van der Waals surface area contributed by atoms with Gasteiger partial charge in [-0.1, -0.05) is 18.2 Å². The summed E-state index contributed by atoms with van der Waals surface area (Å²) >= 11 is 0. The number of ketones is 1. The highest BCUT2D eigenvalue weighted by Crippen LogP contribution is 2.25. The molecular formula is C19H22N2O2. The first-order valence-corrected chi connectivity index (χ1v) is 8.14. The van der Waals surface area contributed by atoms with Crippen molar-refractivity contribution in [1.29, 1.82) is 0 Å². The minimum absolute atomic E-state index is 0.240. The molecule has 0 radical (unpaired) electrons. The third-order valence-corrected chi connectivity index (χ3v) is 4.34.